The third-order valence-corrected chi connectivity index (χ3v) is 4.29. The highest BCUT2D eigenvalue weighted by atomic mass is 19.1. The number of hydrogen-bond donors (Lipinski definition) is 2. The summed E-state index contributed by atoms with van der Waals surface area (Å²) in [5.41, 5.74) is 6.40. The Morgan fingerprint density at radius 2 is 1.84 bits per heavy atom. The maximum Gasteiger partial charge on any atom is 0.227 e. The van der Waals surface area contributed by atoms with E-state index in [4.69, 9.17) is 10.5 Å². The van der Waals surface area contributed by atoms with Crippen LogP contribution in [0.2, 0.25) is 0 Å². The second-order valence-corrected chi connectivity index (χ2v) is 6.32. The van der Waals surface area contributed by atoms with Gasteiger partial charge in [0.2, 0.25) is 5.91 Å². The lowest BCUT2D eigenvalue weighted by Gasteiger charge is -2.26. The van der Waals surface area contributed by atoms with Crippen LogP contribution < -0.4 is 15.8 Å². The van der Waals surface area contributed by atoms with E-state index in [1.54, 1.807) is 24.3 Å². The maximum absolute atomic E-state index is 13.3. The number of nitrogens with one attached hydrogen (secondary N) is 1. The van der Waals surface area contributed by atoms with Gasteiger partial charge in [0, 0.05) is 30.2 Å². The molecule has 6 heteroatoms. The third kappa shape index (κ3) is 4.54. The lowest BCUT2D eigenvalue weighted by molar-refractivity contribution is -0.120. The van der Waals surface area contributed by atoms with Crippen molar-refractivity contribution in [2.24, 2.45) is 11.7 Å². The molecule has 2 aromatic carbocycles. The molecule has 1 aliphatic rings. The Kier molecular flexibility index (Phi) is 5.28. The van der Waals surface area contributed by atoms with Gasteiger partial charge in [0.25, 0.3) is 0 Å². The number of benzene rings is 2. The molecule has 3 N–H and O–H groups in total. The van der Waals surface area contributed by atoms with E-state index in [-0.39, 0.29) is 23.6 Å². The van der Waals surface area contributed by atoms with Crippen LogP contribution in [-0.4, -0.2) is 11.9 Å². The van der Waals surface area contributed by atoms with Crippen molar-refractivity contribution in [2.45, 2.75) is 31.7 Å². The van der Waals surface area contributed by atoms with E-state index in [2.05, 4.69) is 5.32 Å². The molecule has 1 amide bonds. The Labute approximate surface area is 145 Å². The molecule has 4 nitrogen and oxygen atoms in total. The number of hydrogen-bond acceptors (Lipinski definition) is 3. The van der Waals surface area contributed by atoms with Crippen LogP contribution in [0, 0.1) is 17.6 Å². The fourth-order valence-electron chi connectivity index (χ4n) is 3.07. The fraction of sp³-hybridized carbons (Fsp3) is 0.316. The zero-order valence-electron chi connectivity index (χ0n) is 13.7. The first kappa shape index (κ1) is 17.4. The molecule has 25 heavy (non-hydrogen) atoms. The van der Waals surface area contributed by atoms with Crippen LogP contribution >= 0.6 is 0 Å². The summed E-state index contributed by atoms with van der Waals surface area (Å²) in [6.07, 6.45) is 3.33. The van der Waals surface area contributed by atoms with E-state index >= 15 is 0 Å². The summed E-state index contributed by atoms with van der Waals surface area (Å²) in [5.74, 6) is -1.36. The number of rotatable bonds is 4. The lowest BCUT2D eigenvalue weighted by Crippen LogP contribution is -2.34. The Morgan fingerprint density at radius 1 is 1.12 bits per heavy atom. The molecule has 0 heterocycles. The van der Waals surface area contributed by atoms with E-state index in [1.165, 1.54) is 0 Å². The number of carbonyl (C=O) groups is 1. The van der Waals surface area contributed by atoms with Crippen LogP contribution in [0.4, 0.5) is 14.5 Å². The molecule has 2 aromatic rings. The molecule has 0 radical (unpaired) electrons. The van der Waals surface area contributed by atoms with Gasteiger partial charge in [-0.05, 0) is 31.4 Å². The van der Waals surface area contributed by atoms with Gasteiger partial charge >= 0.3 is 0 Å². The Bertz CT molecular complexity index is 747. The van der Waals surface area contributed by atoms with Crippen LogP contribution in [0.1, 0.15) is 25.7 Å². The molecule has 0 saturated heterocycles. The van der Waals surface area contributed by atoms with Gasteiger partial charge in [-0.25, -0.2) is 8.78 Å². The number of ether oxygens (including phenoxy) is 1. The van der Waals surface area contributed by atoms with E-state index < -0.39 is 11.6 Å². The van der Waals surface area contributed by atoms with Gasteiger partial charge in [-0.2, -0.15) is 0 Å². The van der Waals surface area contributed by atoms with Gasteiger partial charge in [-0.3, -0.25) is 4.79 Å². The Balaban J connectivity index is 1.75. The summed E-state index contributed by atoms with van der Waals surface area (Å²) in [4.78, 5) is 12.5. The molecular formula is C19H20F2N2O2. The second kappa shape index (κ2) is 7.61. The van der Waals surface area contributed by atoms with Crippen LogP contribution in [0.15, 0.2) is 42.5 Å². The zero-order chi connectivity index (χ0) is 17.8. The first-order valence-corrected chi connectivity index (χ1v) is 8.30. The molecule has 0 bridgehead atoms. The van der Waals surface area contributed by atoms with E-state index in [0.29, 0.717) is 17.9 Å². The molecule has 0 aliphatic heterocycles. The summed E-state index contributed by atoms with van der Waals surface area (Å²) in [6.45, 7) is 0. The molecule has 0 spiro atoms. The highest BCUT2D eigenvalue weighted by Gasteiger charge is 2.25. The molecule has 1 saturated carbocycles. The van der Waals surface area contributed by atoms with Crippen LogP contribution in [0.5, 0.6) is 11.5 Å². The van der Waals surface area contributed by atoms with Crippen LogP contribution in [-0.2, 0) is 4.79 Å². The molecule has 2 atom stereocenters. The third-order valence-electron chi connectivity index (χ3n) is 4.29. The van der Waals surface area contributed by atoms with E-state index in [0.717, 1.165) is 37.5 Å². The topological polar surface area (TPSA) is 64.4 Å². The molecule has 3 rings (SSSR count). The maximum atomic E-state index is 13.3. The summed E-state index contributed by atoms with van der Waals surface area (Å²) >= 11 is 0. The van der Waals surface area contributed by atoms with Crippen LogP contribution in [0.25, 0.3) is 0 Å². The average Bonchev–Trinajstić information content (AvgIpc) is 2.55. The predicted molar refractivity (Wildman–Crippen MR) is 91.4 cm³/mol. The monoisotopic (exact) mass is 346 g/mol. The fourth-order valence-corrected chi connectivity index (χ4v) is 3.07. The minimum absolute atomic E-state index is 0.0267. The lowest BCUT2D eigenvalue weighted by atomic mass is 9.85. The van der Waals surface area contributed by atoms with Crippen molar-refractivity contribution < 1.29 is 18.3 Å². The molecule has 2 unspecified atom stereocenters. The van der Waals surface area contributed by atoms with Crippen LogP contribution in [0.3, 0.4) is 0 Å². The highest BCUT2D eigenvalue weighted by molar-refractivity contribution is 5.94. The summed E-state index contributed by atoms with van der Waals surface area (Å²) in [7, 11) is 0. The molecule has 132 valence electrons. The number of halogens is 2. The minimum Gasteiger partial charge on any atom is -0.455 e. The van der Waals surface area contributed by atoms with Crippen molar-refractivity contribution in [3.8, 4) is 11.5 Å². The van der Waals surface area contributed by atoms with Gasteiger partial charge in [-0.1, -0.05) is 18.6 Å². The van der Waals surface area contributed by atoms with E-state index in [1.807, 2.05) is 0 Å². The Hall–Kier alpha value is -2.47. The number of nitrogens with two attached hydrogens (primary N) is 1. The number of anilines is 1. The van der Waals surface area contributed by atoms with Crippen molar-refractivity contribution in [3.63, 3.8) is 0 Å². The normalized spacial score (nSPS) is 20.1. The summed E-state index contributed by atoms with van der Waals surface area (Å²) < 4.78 is 32.2. The first-order chi connectivity index (χ1) is 12.0. The molecule has 1 fully saturated rings. The summed E-state index contributed by atoms with van der Waals surface area (Å²) in [6, 6.07) is 9.78. The SMILES string of the molecule is NC1CCCC(C(=O)Nc2ccccc2Oc2cc(F)cc(F)c2)C1. The predicted octanol–water partition coefficient (Wildman–Crippen LogP) is 4.21. The van der Waals surface area contributed by atoms with Crippen molar-refractivity contribution in [1.29, 1.82) is 0 Å². The van der Waals surface area contributed by atoms with Gasteiger partial charge < -0.3 is 15.8 Å². The second-order valence-electron chi connectivity index (χ2n) is 6.32. The molecule has 1 aliphatic carbocycles. The minimum atomic E-state index is -0.729. The average molecular weight is 346 g/mol. The van der Waals surface area contributed by atoms with Gasteiger partial charge in [0.05, 0.1) is 5.69 Å². The Morgan fingerprint density at radius 3 is 2.56 bits per heavy atom. The largest absolute Gasteiger partial charge is 0.455 e. The van der Waals surface area contributed by atoms with Crippen molar-refractivity contribution in [2.75, 3.05) is 5.32 Å². The standard InChI is InChI=1S/C19H20F2N2O2/c20-13-9-14(21)11-16(10-13)25-18-7-2-1-6-17(18)23-19(24)12-4-3-5-15(22)8-12/h1-2,6-7,9-12,15H,3-5,8,22H2,(H,23,24). The summed E-state index contributed by atoms with van der Waals surface area (Å²) in [5, 5.41) is 2.84. The molecular weight excluding hydrogens is 326 g/mol. The van der Waals surface area contributed by atoms with Gasteiger partial charge in [-0.15, -0.1) is 0 Å². The van der Waals surface area contributed by atoms with Gasteiger partial charge in [0.15, 0.2) is 5.75 Å². The number of amides is 1. The van der Waals surface area contributed by atoms with E-state index in [9.17, 15) is 13.6 Å². The smallest absolute Gasteiger partial charge is 0.227 e. The van der Waals surface area contributed by atoms with Crippen molar-refractivity contribution in [1.82, 2.24) is 0 Å². The number of para-hydroxylation sites is 2. The first-order valence-electron chi connectivity index (χ1n) is 8.30. The highest BCUT2D eigenvalue weighted by Crippen LogP contribution is 2.31. The molecule has 0 aromatic heterocycles. The number of carbonyl (C=O) groups excluding carboxylic acids is 1. The zero-order valence-corrected chi connectivity index (χ0v) is 13.7. The van der Waals surface area contributed by atoms with Crippen molar-refractivity contribution >= 4 is 11.6 Å². The van der Waals surface area contributed by atoms with Gasteiger partial charge in [0.1, 0.15) is 17.4 Å². The van der Waals surface area contributed by atoms with Crippen molar-refractivity contribution in [3.05, 3.63) is 54.1 Å². The quantitative estimate of drug-likeness (QED) is 0.871.